The van der Waals surface area contributed by atoms with Crippen molar-refractivity contribution in [1.29, 1.82) is 0 Å². The highest BCUT2D eigenvalue weighted by molar-refractivity contribution is 9.10. The molecule has 0 amide bonds. The summed E-state index contributed by atoms with van der Waals surface area (Å²) in [6.07, 6.45) is 5.53. The molecule has 1 N–H and O–H groups in total. The molecule has 0 fully saturated rings. The Morgan fingerprint density at radius 3 is 3.00 bits per heavy atom. The summed E-state index contributed by atoms with van der Waals surface area (Å²) in [4.78, 5) is 0. The lowest BCUT2D eigenvalue weighted by atomic mass is 9.93. The van der Waals surface area contributed by atoms with Gasteiger partial charge < -0.3 is 5.32 Å². The summed E-state index contributed by atoms with van der Waals surface area (Å²) in [6.45, 7) is 0. The van der Waals surface area contributed by atoms with Crippen molar-refractivity contribution >= 4 is 15.9 Å². The number of nitrogens with zero attached hydrogens (tertiary/aromatic N) is 2. The fourth-order valence-corrected chi connectivity index (χ4v) is 3.14. The van der Waals surface area contributed by atoms with E-state index in [1.54, 1.807) is 0 Å². The minimum Gasteiger partial charge on any atom is -0.313 e. The molecule has 3 nitrogen and oxygen atoms in total. The Morgan fingerprint density at radius 1 is 1.39 bits per heavy atom. The molecule has 1 aliphatic carbocycles. The quantitative estimate of drug-likeness (QED) is 0.923. The Labute approximate surface area is 115 Å². The van der Waals surface area contributed by atoms with Gasteiger partial charge in [0, 0.05) is 21.8 Å². The van der Waals surface area contributed by atoms with E-state index in [4.69, 9.17) is 0 Å². The van der Waals surface area contributed by atoms with Crippen molar-refractivity contribution in [2.75, 3.05) is 7.05 Å². The molecular weight excluding hydrogens is 290 g/mol. The van der Waals surface area contributed by atoms with E-state index in [2.05, 4.69) is 43.2 Å². The molecule has 0 saturated carbocycles. The molecule has 0 saturated heterocycles. The van der Waals surface area contributed by atoms with Gasteiger partial charge in [0.2, 0.25) is 0 Å². The number of hydrogen-bond donors (Lipinski definition) is 1. The third-order valence-corrected chi connectivity index (χ3v) is 4.28. The van der Waals surface area contributed by atoms with Crippen LogP contribution < -0.4 is 5.32 Å². The SMILES string of the molecule is CNC1CCCc2c1cnn2-c1ccccc1Br. The van der Waals surface area contributed by atoms with Crippen LogP contribution in [0.4, 0.5) is 0 Å². The summed E-state index contributed by atoms with van der Waals surface area (Å²) >= 11 is 3.60. The molecule has 0 radical (unpaired) electrons. The fourth-order valence-electron chi connectivity index (χ4n) is 2.69. The molecule has 0 spiro atoms. The fraction of sp³-hybridized carbons (Fsp3) is 0.357. The molecule has 0 aliphatic heterocycles. The van der Waals surface area contributed by atoms with Crippen molar-refractivity contribution in [3.8, 4) is 5.69 Å². The van der Waals surface area contributed by atoms with Crippen molar-refractivity contribution in [1.82, 2.24) is 15.1 Å². The predicted octanol–water partition coefficient (Wildman–Crippen LogP) is 3.23. The predicted molar refractivity (Wildman–Crippen MR) is 76.0 cm³/mol. The lowest BCUT2D eigenvalue weighted by molar-refractivity contribution is 0.490. The van der Waals surface area contributed by atoms with Crippen LogP contribution in [-0.4, -0.2) is 16.8 Å². The zero-order valence-electron chi connectivity index (χ0n) is 10.4. The smallest absolute Gasteiger partial charge is 0.0790 e. The van der Waals surface area contributed by atoms with Gasteiger partial charge in [0.1, 0.15) is 0 Å². The number of fused-ring (bicyclic) bond motifs is 1. The van der Waals surface area contributed by atoms with E-state index in [0.29, 0.717) is 6.04 Å². The van der Waals surface area contributed by atoms with E-state index in [1.807, 2.05) is 25.4 Å². The molecule has 1 aromatic carbocycles. The molecular formula is C14H16BrN3. The van der Waals surface area contributed by atoms with Crippen molar-refractivity contribution < 1.29 is 0 Å². The van der Waals surface area contributed by atoms with Gasteiger partial charge in [0.25, 0.3) is 0 Å². The summed E-state index contributed by atoms with van der Waals surface area (Å²) in [5.41, 5.74) is 3.81. The number of benzene rings is 1. The molecule has 4 heteroatoms. The van der Waals surface area contributed by atoms with E-state index in [-0.39, 0.29) is 0 Å². The number of aromatic nitrogens is 2. The Kier molecular flexibility index (Phi) is 3.22. The summed E-state index contributed by atoms with van der Waals surface area (Å²) in [6, 6.07) is 8.68. The molecule has 2 aromatic rings. The van der Waals surface area contributed by atoms with Crippen molar-refractivity contribution in [3.05, 3.63) is 46.2 Å². The van der Waals surface area contributed by atoms with Crippen molar-refractivity contribution in [3.63, 3.8) is 0 Å². The van der Waals surface area contributed by atoms with Gasteiger partial charge in [-0.25, -0.2) is 4.68 Å². The summed E-state index contributed by atoms with van der Waals surface area (Å²) < 4.78 is 3.16. The average Bonchev–Trinajstić information content (AvgIpc) is 2.83. The summed E-state index contributed by atoms with van der Waals surface area (Å²) in [7, 11) is 2.02. The molecule has 1 atom stereocenters. The van der Waals surface area contributed by atoms with Gasteiger partial charge in [-0.05, 0) is 54.4 Å². The lowest BCUT2D eigenvalue weighted by Crippen LogP contribution is -2.21. The van der Waals surface area contributed by atoms with Crippen molar-refractivity contribution in [2.45, 2.75) is 25.3 Å². The highest BCUT2D eigenvalue weighted by Gasteiger charge is 2.23. The van der Waals surface area contributed by atoms with Crippen LogP contribution in [0.2, 0.25) is 0 Å². The Bertz CT molecular complexity index is 562. The standard InChI is InChI=1S/C14H16BrN3/c1-16-12-6-4-8-13-10(12)9-17-18(13)14-7-3-2-5-11(14)15/h2-3,5,7,9,12,16H,4,6,8H2,1H3. The van der Waals surface area contributed by atoms with Gasteiger partial charge >= 0.3 is 0 Å². The Morgan fingerprint density at radius 2 is 2.22 bits per heavy atom. The second kappa shape index (κ2) is 4.86. The second-order valence-corrected chi connectivity index (χ2v) is 5.50. The van der Waals surface area contributed by atoms with E-state index >= 15 is 0 Å². The largest absolute Gasteiger partial charge is 0.313 e. The first kappa shape index (κ1) is 11.9. The molecule has 1 aromatic heterocycles. The molecule has 0 bridgehead atoms. The lowest BCUT2D eigenvalue weighted by Gasteiger charge is -2.22. The maximum absolute atomic E-state index is 4.57. The average molecular weight is 306 g/mol. The Balaban J connectivity index is 2.10. The number of para-hydroxylation sites is 1. The van der Waals surface area contributed by atoms with Gasteiger partial charge in [0.15, 0.2) is 0 Å². The first-order valence-electron chi connectivity index (χ1n) is 6.30. The topological polar surface area (TPSA) is 29.9 Å². The maximum Gasteiger partial charge on any atom is 0.0790 e. The molecule has 1 unspecified atom stereocenters. The van der Waals surface area contributed by atoms with Gasteiger partial charge in [-0.15, -0.1) is 0 Å². The van der Waals surface area contributed by atoms with Gasteiger partial charge in [-0.1, -0.05) is 12.1 Å². The molecule has 1 aliphatic rings. The van der Waals surface area contributed by atoms with Crippen LogP contribution in [0.5, 0.6) is 0 Å². The van der Waals surface area contributed by atoms with Crippen molar-refractivity contribution in [2.24, 2.45) is 0 Å². The third kappa shape index (κ3) is 1.89. The number of rotatable bonds is 2. The van der Waals surface area contributed by atoms with Crippen LogP contribution >= 0.6 is 15.9 Å². The highest BCUT2D eigenvalue weighted by Crippen LogP contribution is 2.32. The monoisotopic (exact) mass is 305 g/mol. The zero-order valence-corrected chi connectivity index (χ0v) is 11.9. The molecule has 3 rings (SSSR count). The van der Waals surface area contributed by atoms with Gasteiger partial charge in [-0.3, -0.25) is 0 Å². The number of halogens is 1. The summed E-state index contributed by atoms with van der Waals surface area (Å²) in [5, 5.41) is 7.95. The first-order chi connectivity index (χ1) is 8.81. The van der Waals surface area contributed by atoms with E-state index in [0.717, 1.165) is 16.6 Å². The minimum absolute atomic E-state index is 0.449. The summed E-state index contributed by atoms with van der Waals surface area (Å²) in [5.74, 6) is 0. The minimum atomic E-state index is 0.449. The van der Waals surface area contributed by atoms with Crippen LogP contribution in [-0.2, 0) is 6.42 Å². The zero-order chi connectivity index (χ0) is 12.5. The normalized spacial score (nSPS) is 18.7. The van der Waals surface area contributed by atoms with Crippen LogP contribution in [0.1, 0.15) is 30.1 Å². The first-order valence-corrected chi connectivity index (χ1v) is 7.09. The van der Waals surface area contributed by atoms with Crippen LogP contribution in [0.25, 0.3) is 5.69 Å². The second-order valence-electron chi connectivity index (χ2n) is 4.64. The molecule has 18 heavy (non-hydrogen) atoms. The number of nitrogens with one attached hydrogen (secondary N) is 1. The van der Waals surface area contributed by atoms with E-state index in [1.165, 1.54) is 24.1 Å². The maximum atomic E-state index is 4.57. The van der Waals surface area contributed by atoms with Gasteiger partial charge in [-0.2, -0.15) is 5.10 Å². The van der Waals surface area contributed by atoms with Gasteiger partial charge in [0.05, 0.1) is 11.9 Å². The molecule has 94 valence electrons. The van der Waals surface area contributed by atoms with Crippen LogP contribution in [0.15, 0.2) is 34.9 Å². The van der Waals surface area contributed by atoms with E-state index < -0.39 is 0 Å². The number of hydrogen-bond acceptors (Lipinski definition) is 2. The van der Waals surface area contributed by atoms with Crippen LogP contribution in [0, 0.1) is 0 Å². The Hall–Kier alpha value is -1.13. The third-order valence-electron chi connectivity index (χ3n) is 3.61. The van der Waals surface area contributed by atoms with Crippen LogP contribution in [0.3, 0.4) is 0 Å². The van der Waals surface area contributed by atoms with E-state index in [9.17, 15) is 0 Å². The highest BCUT2D eigenvalue weighted by atomic mass is 79.9. The molecule has 1 heterocycles.